The van der Waals surface area contributed by atoms with Gasteiger partial charge in [0.25, 0.3) is 0 Å². The van der Waals surface area contributed by atoms with Crippen molar-refractivity contribution >= 4 is 11.3 Å². The number of thiophene rings is 1. The summed E-state index contributed by atoms with van der Waals surface area (Å²) in [5.41, 5.74) is 0. The molecule has 0 spiro atoms. The molecule has 0 amide bonds. The van der Waals surface area contributed by atoms with Crippen LogP contribution in [0.25, 0.3) is 10.7 Å². The number of nitrogens with zero attached hydrogens (tertiary/aromatic N) is 3. The van der Waals surface area contributed by atoms with Gasteiger partial charge < -0.3 is 9.84 Å². The van der Waals surface area contributed by atoms with E-state index in [-0.39, 0.29) is 0 Å². The van der Waals surface area contributed by atoms with Crippen molar-refractivity contribution < 1.29 is 4.52 Å². The molecule has 0 unspecified atom stereocenters. The van der Waals surface area contributed by atoms with Crippen LogP contribution in [0.2, 0.25) is 0 Å². The predicted molar refractivity (Wildman–Crippen MR) is 84.2 cm³/mol. The average molecular weight is 306 g/mol. The lowest BCUT2D eigenvalue weighted by molar-refractivity contribution is 0.158. The average Bonchev–Trinajstić information content (AvgIpc) is 3.17. The van der Waals surface area contributed by atoms with Gasteiger partial charge in [-0.05, 0) is 56.4 Å². The summed E-state index contributed by atoms with van der Waals surface area (Å²) in [7, 11) is 0. The van der Waals surface area contributed by atoms with Gasteiger partial charge in [0.05, 0.1) is 11.4 Å². The third-order valence-electron chi connectivity index (χ3n) is 3.96. The molecule has 0 saturated carbocycles. The van der Waals surface area contributed by atoms with Crippen molar-refractivity contribution in [1.82, 2.24) is 20.4 Å². The van der Waals surface area contributed by atoms with Crippen LogP contribution in [-0.4, -0.2) is 41.2 Å². The first-order valence-electron chi connectivity index (χ1n) is 7.64. The van der Waals surface area contributed by atoms with E-state index in [0.717, 1.165) is 49.4 Å². The van der Waals surface area contributed by atoms with Gasteiger partial charge in [0.2, 0.25) is 11.7 Å². The summed E-state index contributed by atoms with van der Waals surface area (Å²) in [5, 5.41) is 9.54. The first kappa shape index (κ1) is 14.7. The zero-order valence-corrected chi connectivity index (χ0v) is 13.2. The Kier molecular flexibility index (Phi) is 5.00. The van der Waals surface area contributed by atoms with E-state index in [1.165, 1.54) is 12.8 Å². The van der Waals surface area contributed by atoms with Crippen molar-refractivity contribution in [3.05, 3.63) is 23.4 Å². The van der Waals surface area contributed by atoms with Gasteiger partial charge in [-0.15, -0.1) is 11.3 Å². The number of hydrogen-bond donors (Lipinski definition) is 1. The molecule has 0 aliphatic carbocycles. The van der Waals surface area contributed by atoms with E-state index in [9.17, 15) is 0 Å². The highest BCUT2D eigenvalue weighted by molar-refractivity contribution is 7.13. The zero-order valence-electron chi connectivity index (χ0n) is 12.4. The van der Waals surface area contributed by atoms with Crippen molar-refractivity contribution in [3.63, 3.8) is 0 Å². The molecule has 0 atom stereocenters. The number of piperidine rings is 1. The minimum atomic E-state index is 0.710. The number of aromatic nitrogens is 2. The van der Waals surface area contributed by atoms with Gasteiger partial charge in [-0.2, -0.15) is 4.98 Å². The predicted octanol–water partition coefficient (Wildman–Crippen LogP) is 2.62. The van der Waals surface area contributed by atoms with E-state index >= 15 is 0 Å². The third-order valence-corrected chi connectivity index (χ3v) is 4.82. The molecule has 114 valence electrons. The quantitative estimate of drug-likeness (QED) is 0.889. The van der Waals surface area contributed by atoms with Gasteiger partial charge in [-0.3, -0.25) is 4.90 Å². The summed E-state index contributed by atoms with van der Waals surface area (Å²) in [6.45, 7) is 7.38. The van der Waals surface area contributed by atoms with E-state index in [4.69, 9.17) is 4.52 Å². The Labute approximate surface area is 129 Å². The molecule has 21 heavy (non-hydrogen) atoms. The van der Waals surface area contributed by atoms with Gasteiger partial charge in [-0.25, -0.2) is 0 Å². The van der Waals surface area contributed by atoms with Crippen LogP contribution in [0.1, 0.15) is 25.7 Å². The van der Waals surface area contributed by atoms with Crippen LogP contribution >= 0.6 is 11.3 Å². The van der Waals surface area contributed by atoms with Crippen molar-refractivity contribution in [3.8, 4) is 10.7 Å². The second-order valence-corrected chi connectivity index (χ2v) is 6.46. The highest BCUT2D eigenvalue weighted by Gasteiger charge is 2.20. The zero-order chi connectivity index (χ0) is 14.5. The van der Waals surface area contributed by atoms with Crippen molar-refractivity contribution in [2.24, 2.45) is 5.92 Å². The third kappa shape index (κ3) is 3.90. The standard InChI is InChI=1S/C15H22N4OS/c1-2-16-10-12-5-7-19(8-6-12)11-14-17-15(18-20-14)13-4-3-9-21-13/h3-4,9,12,16H,2,5-8,10-11H2,1H3. The van der Waals surface area contributed by atoms with Crippen LogP contribution in [0.4, 0.5) is 0 Å². The molecule has 1 fully saturated rings. The largest absolute Gasteiger partial charge is 0.338 e. The fourth-order valence-electron chi connectivity index (χ4n) is 2.71. The van der Waals surface area contributed by atoms with Crippen LogP contribution in [0.3, 0.4) is 0 Å². The van der Waals surface area contributed by atoms with Crippen molar-refractivity contribution in [2.45, 2.75) is 26.3 Å². The first-order chi connectivity index (χ1) is 10.3. The maximum absolute atomic E-state index is 5.37. The van der Waals surface area contributed by atoms with E-state index in [2.05, 4.69) is 27.3 Å². The molecule has 1 aliphatic rings. The molecule has 0 bridgehead atoms. The van der Waals surface area contributed by atoms with Crippen LogP contribution in [0.5, 0.6) is 0 Å². The highest BCUT2D eigenvalue weighted by Crippen LogP contribution is 2.22. The molecule has 0 radical (unpaired) electrons. The van der Waals surface area contributed by atoms with Gasteiger partial charge in [0, 0.05) is 0 Å². The van der Waals surface area contributed by atoms with Gasteiger partial charge in [0.1, 0.15) is 0 Å². The van der Waals surface area contributed by atoms with Gasteiger partial charge in [0.15, 0.2) is 0 Å². The normalized spacial score (nSPS) is 17.4. The van der Waals surface area contributed by atoms with E-state index < -0.39 is 0 Å². The summed E-state index contributed by atoms with van der Waals surface area (Å²) >= 11 is 1.64. The van der Waals surface area contributed by atoms with E-state index in [0.29, 0.717) is 5.82 Å². The maximum Gasteiger partial charge on any atom is 0.241 e. The van der Waals surface area contributed by atoms with Crippen molar-refractivity contribution in [2.75, 3.05) is 26.2 Å². The molecule has 1 aliphatic heterocycles. The van der Waals surface area contributed by atoms with E-state index in [1.807, 2.05) is 17.5 Å². The summed E-state index contributed by atoms with van der Waals surface area (Å²) in [6, 6.07) is 4.02. The Bertz CT molecular complexity index is 532. The number of rotatable bonds is 6. The number of nitrogens with one attached hydrogen (secondary N) is 1. The second-order valence-electron chi connectivity index (χ2n) is 5.52. The van der Waals surface area contributed by atoms with Crippen LogP contribution in [-0.2, 0) is 6.54 Å². The van der Waals surface area contributed by atoms with E-state index in [1.54, 1.807) is 11.3 Å². The number of likely N-dealkylation sites (tertiary alicyclic amines) is 1. The minimum absolute atomic E-state index is 0.710. The molecule has 6 heteroatoms. The Balaban J connectivity index is 1.49. The van der Waals surface area contributed by atoms with Crippen molar-refractivity contribution in [1.29, 1.82) is 0 Å². The Morgan fingerprint density at radius 1 is 1.43 bits per heavy atom. The lowest BCUT2D eigenvalue weighted by Crippen LogP contribution is -2.36. The monoisotopic (exact) mass is 306 g/mol. The summed E-state index contributed by atoms with van der Waals surface area (Å²) in [4.78, 5) is 7.97. The first-order valence-corrected chi connectivity index (χ1v) is 8.52. The molecule has 3 rings (SSSR count). The molecular weight excluding hydrogens is 284 g/mol. The topological polar surface area (TPSA) is 54.2 Å². The summed E-state index contributed by atoms with van der Waals surface area (Å²) in [6.07, 6.45) is 2.50. The van der Waals surface area contributed by atoms with Crippen LogP contribution < -0.4 is 5.32 Å². The molecule has 2 aromatic heterocycles. The fourth-order valence-corrected chi connectivity index (χ4v) is 3.36. The van der Waals surface area contributed by atoms with Gasteiger partial charge in [-0.1, -0.05) is 18.1 Å². The molecule has 5 nitrogen and oxygen atoms in total. The van der Waals surface area contributed by atoms with Crippen LogP contribution in [0, 0.1) is 5.92 Å². The highest BCUT2D eigenvalue weighted by atomic mass is 32.1. The lowest BCUT2D eigenvalue weighted by Gasteiger charge is -2.30. The maximum atomic E-state index is 5.37. The smallest absolute Gasteiger partial charge is 0.241 e. The lowest BCUT2D eigenvalue weighted by atomic mass is 9.97. The minimum Gasteiger partial charge on any atom is -0.338 e. The molecule has 1 N–H and O–H groups in total. The molecular formula is C15H22N4OS. The Hall–Kier alpha value is -1.24. The second kappa shape index (κ2) is 7.15. The molecule has 3 heterocycles. The fraction of sp³-hybridized carbons (Fsp3) is 0.600. The Morgan fingerprint density at radius 2 is 2.29 bits per heavy atom. The SMILES string of the molecule is CCNCC1CCN(Cc2nc(-c3cccs3)no2)CC1. The Morgan fingerprint density at radius 3 is 3.00 bits per heavy atom. The molecule has 1 saturated heterocycles. The summed E-state index contributed by atoms with van der Waals surface area (Å²) in [5.74, 6) is 2.25. The number of hydrogen-bond acceptors (Lipinski definition) is 6. The van der Waals surface area contributed by atoms with Crippen LogP contribution in [0.15, 0.2) is 22.0 Å². The van der Waals surface area contributed by atoms with Gasteiger partial charge >= 0.3 is 0 Å². The molecule has 2 aromatic rings. The molecule has 0 aromatic carbocycles. The summed E-state index contributed by atoms with van der Waals surface area (Å²) < 4.78 is 5.37.